The lowest BCUT2D eigenvalue weighted by Gasteiger charge is -2.27. The van der Waals surface area contributed by atoms with E-state index in [1.807, 2.05) is 12.1 Å². The van der Waals surface area contributed by atoms with Gasteiger partial charge in [0.1, 0.15) is 17.4 Å². The van der Waals surface area contributed by atoms with E-state index in [4.69, 9.17) is 5.73 Å². The monoisotopic (exact) mass is 644 g/mol. The maximum absolute atomic E-state index is 14.5. The molecule has 0 bridgehead atoms. The molecule has 1 aromatic carbocycles. The molecule has 3 aromatic rings. The summed E-state index contributed by atoms with van der Waals surface area (Å²) in [7, 11) is 0. The molecule has 14 nitrogen and oxygen atoms in total. The van der Waals surface area contributed by atoms with Crippen LogP contribution in [-0.4, -0.2) is 83.7 Å². The fraction of sp³-hybridized carbons (Fsp3) is 0.485. The molecule has 2 aliphatic rings. The highest BCUT2D eigenvalue weighted by atomic mass is 16.3. The van der Waals surface area contributed by atoms with Crippen molar-refractivity contribution in [2.75, 3.05) is 6.54 Å². The zero-order chi connectivity index (χ0) is 33.9. The van der Waals surface area contributed by atoms with Crippen LogP contribution in [0.4, 0.5) is 0 Å². The van der Waals surface area contributed by atoms with E-state index in [9.17, 15) is 29.1 Å². The minimum atomic E-state index is -1.33. The molecular weight excluding hydrogens is 604 g/mol. The highest BCUT2D eigenvalue weighted by Gasteiger charge is 2.44. The minimum Gasteiger partial charge on any atom is -0.384 e. The number of likely N-dealkylation sites (tertiary alicyclic amines) is 1. The summed E-state index contributed by atoms with van der Waals surface area (Å²) >= 11 is 0. The van der Waals surface area contributed by atoms with E-state index in [1.54, 1.807) is 38.2 Å². The second-order valence-corrected chi connectivity index (χ2v) is 12.9. The number of carbonyl (C=O) groups excluding carboxylic acids is 5. The summed E-state index contributed by atoms with van der Waals surface area (Å²) in [5.74, 6) is -3.96. The van der Waals surface area contributed by atoms with Gasteiger partial charge in [0.15, 0.2) is 0 Å². The molecular formula is C33H40N8O6. The highest BCUT2D eigenvalue weighted by Crippen LogP contribution is 2.33. The van der Waals surface area contributed by atoms with Crippen molar-refractivity contribution in [3.63, 3.8) is 0 Å². The molecule has 4 N–H and O–H groups in total. The van der Waals surface area contributed by atoms with Crippen molar-refractivity contribution in [2.24, 2.45) is 16.6 Å². The summed E-state index contributed by atoms with van der Waals surface area (Å²) in [5, 5.41) is 22.1. The number of para-hydroxylation sites is 1. The van der Waals surface area contributed by atoms with Gasteiger partial charge in [-0.2, -0.15) is 0 Å². The summed E-state index contributed by atoms with van der Waals surface area (Å²) in [4.78, 5) is 75.7. The molecule has 4 amide bonds. The summed E-state index contributed by atoms with van der Waals surface area (Å²) < 4.78 is 1.48. The highest BCUT2D eigenvalue weighted by molar-refractivity contribution is 6.41. The molecule has 3 atom stereocenters. The van der Waals surface area contributed by atoms with Crippen LogP contribution in [0.25, 0.3) is 10.9 Å². The number of amides is 4. The number of nitrogens with two attached hydrogens (primary N) is 1. The number of hydrogen-bond donors (Lipinski definition) is 3. The van der Waals surface area contributed by atoms with Crippen LogP contribution in [0, 0.1) is 5.92 Å². The summed E-state index contributed by atoms with van der Waals surface area (Å²) in [6, 6.07) is 5.84. The van der Waals surface area contributed by atoms with E-state index >= 15 is 0 Å². The average molecular weight is 645 g/mol. The smallest absolute Gasteiger partial charge is 0.287 e. The van der Waals surface area contributed by atoms with Gasteiger partial charge in [-0.25, -0.2) is 9.67 Å². The maximum atomic E-state index is 14.5. The molecule has 3 heterocycles. The third-order valence-corrected chi connectivity index (χ3v) is 8.94. The first-order chi connectivity index (χ1) is 22.3. The van der Waals surface area contributed by atoms with Crippen LogP contribution < -0.4 is 11.1 Å². The van der Waals surface area contributed by atoms with E-state index in [1.165, 1.54) is 22.7 Å². The number of Topliss-reactive ketones (excluding diaryl/α,β-unsaturated/α-hetero) is 1. The van der Waals surface area contributed by atoms with E-state index in [2.05, 4.69) is 25.6 Å². The third-order valence-electron chi connectivity index (χ3n) is 8.94. The Kier molecular flexibility index (Phi) is 9.89. The molecule has 1 aliphatic heterocycles. The molecule has 248 valence electrons. The second kappa shape index (κ2) is 13.9. The van der Waals surface area contributed by atoms with Crippen LogP contribution >= 0.6 is 0 Å². The Morgan fingerprint density at radius 1 is 1.11 bits per heavy atom. The number of nitrogens with zero attached hydrogens (tertiary/aromatic N) is 6. The predicted octanol–water partition coefficient (Wildman–Crippen LogP) is 2.01. The lowest BCUT2D eigenvalue weighted by atomic mass is 9.85. The van der Waals surface area contributed by atoms with Crippen molar-refractivity contribution >= 4 is 46.0 Å². The van der Waals surface area contributed by atoms with Gasteiger partial charge < -0.3 is 21.1 Å². The number of hydrogen-bond acceptors (Lipinski definition) is 9. The standard InChI is InChI=1S/C33H40N8O6/c1-19(28(42)29(34)43)37-31(45)25-16-22(41-26(17-36-39-41)33(2,3)47)18-40(25)32(46)24(15-20-9-5-4-6-10-20)38-30(44)23-13-7-11-21-12-8-14-35-27(21)23/h7-8,11-14,17,19-20,22,25,47H,4-6,9-10,15-16,18H2,1-3H3,(H2,34,43)(H,37,45)/b38-24+/t19?,22-,25-/m0/s1. The Hall–Kier alpha value is -4.85. The number of aromatic nitrogens is 4. The van der Waals surface area contributed by atoms with Crippen molar-refractivity contribution in [3.05, 3.63) is 54.0 Å². The Morgan fingerprint density at radius 2 is 1.83 bits per heavy atom. The van der Waals surface area contributed by atoms with Gasteiger partial charge in [0.25, 0.3) is 17.7 Å². The molecule has 1 saturated carbocycles. The minimum absolute atomic E-state index is 0.0186. The molecule has 1 aliphatic carbocycles. The number of aliphatic imine (C=N–C) groups is 1. The first-order valence-corrected chi connectivity index (χ1v) is 15.9. The molecule has 1 unspecified atom stereocenters. The molecule has 0 radical (unpaired) electrons. The van der Waals surface area contributed by atoms with Crippen LogP contribution in [-0.2, 0) is 24.8 Å². The number of fused-ring (bicyclic) bond motifs is 1. The summed E-state index contributed by atoms with van der Waals surface area (Å²) in [5.41, 5.74) is 4.93. The van der Waals surface area contributed by atoms with Gasteiger partial charge in [-0.3, -0.25) is 29.0 Å². The van der Waals surface area contributed by atoms with Gasteiger partial charge in [-0.1, -0.05) is 55.5 Å². The number of nitrogens with one attached hydrogen (secondary N) is 1. The first kappa shape index (κ1) is 33.5. The Labute approximate surface area is 271 Å². The molecule has 1 saturated heterocycles. The van der Waals surface area contributed by atoms with Gasteiger partial charge >= 0.3 is 0 Å². The van der Waals surface area contributed by atoms with Crippen molar-refractivity contribution in [3.8, 4) is 0 Å². The largest absolute Gasteiger partial charge is 0.384 e. The topological polar surface area (TPSA) is 203 Å². The lowest BCUT2D eigenvalue weighted by molar-refractivity contribution is -0.139. The van der Waals surface area contributed by atoms with Gasteiger partial charge in [0.2, 0.25) is 11.7 Å². The van der Waals surface area contributed by atoms with Gasteiger partial charge in [0, 0.05) is 24.5 Å². The zero-order valence-corrected chi connectivity index (χ0v) is 26.8. The first-order valence-electron chi connectivity index (χ1n) is 15.9. The fourth-order valence-corrected chi connectivity index (χ4v) is 6.47. The maximum Gasteiger partial charge on any atom is 0.287 e. The number of ketones is 1. The molecule has 47 heavy (non-hydrogen) atoms. The van der Waals surface area contributed by atoms with Crippen molar-refractivity contribution in [1.29, 1.82) is 0 Å². The summed E-state index contributed by atoms with van der Waals surface area (Å²) in [6.07, 6.45) is 8.15. The number of carbonyl (C=O) groups is 5. The van der Waals surface area contributed by atoms with E-state index in [-0.39, 0.29) is 36.6 Å². The number of benzene rings is 1. The average Bonchev–Trinajstić information content (AvgIpc) is 3.72. The van der Waals surface area contributed by atoms with Gasteiger partial charge in [-0.05, 0) is 45.2 Å². The van der Waals surface area contributed by atoms with Crippen molar-refractivity contribution in [1.82, 2.24) is 30.2 Å². The van der Waals surface area contributed by atoms with Crippen LogP contribution in [0.1, 0.15) is 87.8 Å². The predicted molar refractivity (Wildman–Crippen MR) is 171 cm³/mol. The summed E-state index contributed by atoms with van der Waals surface area (Å²) in [6.45, 7) is 4.46. The second-order valence-electron chi connectivity index (χ2n) is 12.9. The third kappa shape index (κ3) is 7.43. The van der Waals surface area contributed by atoms with E-state index in [0.717, 1.165) is 37.5 Å². The molecule has 2 fully saturated rings. The normalized spacial score (nSPS) is 19.8. The van der Waals surface area contributed by atoms with E-state index in [0.29, 0.717) is 11.2 Å². The van der Waals surface area contributed by atoms with Crippen molar-refractivity contribution < 1.29 is 29.1 Å². The van der Waals surface area contributed by atoms with Crippen LogP contribution in [0.15, 0.2) is 47.7 Å². The Bertz CT molecular complexity index is 1720. The molecule has 2 aromatic heterocycles. The zero-order valence-electron chi connectivity index (χ0n) is 26.8. The lowest BCUT2D eigenvalue weighted by Crippen LogP contribution is -2.52. The number of rotatable bonds is 10. The van der Waals surface area contributed by atoms with E-state index < -0.39 is 53.1 Å². The number of primary amides is 1. The van der Waals surface area contributed by atoms with Crippen LogP contribution in [0.5, 0.6) is 0 Å². The van der Waals surface area contributed by atoms with Gasteiger partial charge in [-0.15, -0.1) is 5.10 Å². The number of aliphatic hydroxyl groups is 1. The fourth-order valence-electron chi connectivity index (χ4n) is 6.47. The van der Waals surface area contributed by atoms with Gasteiger partial charge in [0.05, 0.1) is 35.1 Å². The van der Waals surface area contributed by atoms with Crippen LogP contribution in [0.3, 0.4) is 0 Å². The Balaban J connectivity index is 1.52. The SMILES string of the molecule is CC(NC(=O)[C@@H]1C[C@H](n2nncc2C(C)(C)O)CN1C(=O)/C(CC1CCCCC1)=N/C(=O)c1cccc2cccnc12)C(=O)C(N)=O. The van der Waals surface area contributed by atoms with Crippen molar-refractivity contribution in [2.45, 2.75) is 89.4 Å². The molecule has 14 heteroatoms. The quantitative estimate of drug-likeness (QED) is 0.218. The Morgan fingerprint density at radius 3 is 2.53 bits per heavy atom. The molecule has 0 spiro atoms. The van der Waals surface area contributed by atoms with Crippen LogP contribution in [0.2, 0.25) is 0 Å². The number of pyridine rings is 1. The molecule has 5 rings (SSSR count).